The zero-order valence-electron chi connectivity index (χ0n) is 9.92. The van der Waals surface area contributed by atoms with E-state index in [9.17, 15) is 0 Å². The van der Waals surface area contributed by atoms with Crippen molar-refractivity contribution in [1.82, 2.24) is 0 Å². The third-order valence-corrected chi connectivity index (χ3v) is 3.71. The molecule has 17 heavy (non-hydrogen) atoms. The average molecular weight is 221 g/mol. The highest BCUT2D eigenvalue weighted by Gasteiger charge is 2.26. The molecule has 0 aliphatic heterocycles. The van der Waals surface area contributed by atoms with Gasteiger partial charge in [-0.2, -0.15) is 0 Å². The topological polar surface area (TPSA) is 0 Å². The molecule has 1 fully saturated rings. The molecule has 2 aromatic rings. The minimum Gasteiger partial charge on any atom is -0.0622 e. The number of hydrogen-bond acceptors (Lipinski definition) is 0. The highest BCUT2D eigenvalue weighted by molar-refractivity contribution is 5.31. The van der Waals surface area contributed by atoms with Crippen molar-refractivity contribution in [3.63, 3.8) is 0 Å². The van der Waals surface area contributed by atoms with Gasteiger partial charge in [0.25, 0.3) is 0 Å². The zero-order chi connectivity index (χ0) is 11.5. The predicted octanol–water partition coefficient (Wildman–Crippen LogP) is 4.55. The van der Waals surface area contributed by atoms with Gasteiger partial charge in [-0.15, -0.1) is 0 Å². The summed E-state index contributed by atoms with van der Waals surface area (Å²) in [5, 5.41) is 0. The van der Waals surface area contributed by atoms with Crippen molar-refractivity contribution in [2.24, 2.45) is 0 Å². The molecule has 1 aliphatic carbocycles. The molecule has 0 amide bonds. The Hall–Kier alpha value is -1.56. The molecule has 2 aromatic carbocycles. The van der Waals surface area contributed by atoms with E-state index in [0.29, 0.717) is 11.8 Å². The maximum Gasteiger partial charge on any atom is -0.0124 e. The van der Waals surface area contributed by atoms with E-state index in [1.54, 1.807) is 0 Å². The van der Waals surface area contributed by atoms with E-state index in [-0.39, 0.29) is 0 Å². The Morgan fingerprint density at radius 2 is 1.00 bits per heavy atom. The van der Waals surface area contributed by atoms with E-state index in [4.69, 9.17) is 0 Å². The van der Waals surface area contributed by atoms with E-state index >= 15 is 0 Å². The molecule has 0 heteroatoms. The van der Waals surface area contributed by atoms with Crippen LogP contribution < -0.4 is 0 Å². The number of hydrogen-bond donors (Lipinski definition) is 0. The lowest BCUT2D eigenvalue weighted by atomic mass is 9.93. The number of rotatable bonds is 2. The Kier molecular flexibility index (Phi) is 2.96. The lowest BCUT2D eigenvalue weighted by molar-refractivity contribution is 0.765. The third-order valence-electron chi connectivity index (χ3n) is 3.71. The van der Waals surface area contributed by atoms with Crippen molar-refractivity contribution in [3.8, 4) is 0 Å². The Morgan fingerprint density at radius 3 is 1.41 bits per heavy atom. The van der Waals surface area contributed by atoms with Crippen LogP contribution in [0.3, 0.4) is 0 Å². The van der Waals surface area contributed by atoms with Crippen molar-refractivity contribution in [1.29, 1.82) is 0 Å². The third kappa shape index (κ3) is 2.26. The average Bonchev–Trinajstić information content (AvgIpc) is 2.90. The van der Waals surface area contributed by atoms with Crippen molar-refractivity contribution in [2.45, 2.75) is 24.7 Å². The molecule has 0 spiro atoms. The maximum absolute atomic E-state index is 2.52. The first-order chi connectivity index (χ1) is 8.43. The SMILES string of the molecule is [CH]1C(c2ccccc2)CCC1c1ccccc1. The molecular formula is C17H17. The molecule has 3 rings (SSSR count). The van der Waals surface area contributed by atoms with Crippen molar-refractivity contribution < 1.29 is 0 Å². The summed E-state index contributed by atoms with van der Waals surface area (Å²) in [4.78, 5) is 0. The minimum atomic E-state index is 0.640. The van der Waals surface area contributed by atoms with Gasteiger partial charge in [-0.1, -0.05) is 60.7 Å². The Bertz CT molecular complexity index is 412. The largest absolute Gasteiger partial charge is 0.0622 e. The molecule has 0 nitrogen and oxygen atoms in total. The lowest BCUT2D eigenvalue weighted by Crippen LogP contribution is -1.96. The van der Waals surface area contributed by atoms with Gasteiger partial charge in [0.1, 0.15) is 0 Å². The van der Waals surface area contributed by atoms with Crippen molar-refractivity contribution in [2.75, 3.05) is 0 Å². The van der Waals surface area contributed by atoms with Gasteiger partial charge >= 0.3 is 0 Å². The maximum atomic E-state index is 2.52. The van der Waals surface area contributed by atoms with E-state index in [2.05, 4.69) is 67.1 Å². The van der Waals surface area contributed by atoms with Gasteiger partial charge in [0.05, 0.1) is 0 Å². The normalized spacial score (nSPS) is 23.8. The molecule has 0 bridgehead atoms. The summed E-state index contributed by atoms with van der Waals surface area (Å²) in [6, 6.07) is 21.7. The second-order valence-electron chi connectivity index (χ2n) is 4.80. The van der Waals surface area contributed by atoms with Crippen LogP contribution in [0.5, 0.6) is 0 Å². The summed E-state index contributed by atoms with van der Waals surface area (Å²) < 4.78 is 0. The van der Waals surface area contributed by atoms with Crippen LogP contribution in [0, 0.1) is 6.42 Å². The standard InChI is InChI=1S/C17H17/c1-3-7-14(8-4-1)16-11-12-17(13-16)15-9-5-2-6-10-15/h1-10,13,16-17H,11-12H2. The fourth-order valence-corrected chi connectivity index (χ4v) is 2.79. The fraction of sp³-hybridized carbons (Fsp3) is 0.235. The van der Waals surface area contributed by atoms with Crippen LogP contribution in [0.2, 0.25) is 0 Å². The summed E-state index contributed by atoms with van der Waals surface area (Å²) in [5.74, 6) is 1.28. The van der Waals surface area contributed by atoms with Crippen LogP contribution in [-0.2, 0) is 0 Å². The number of benzene rings is 2. The first-order valence-corrected chi connectivity index (χ1v) is 6.38. The molecule has 0 heterocycles. The summed E-state index contributed by atoms with van der Waals surface area (Å²) in [5.41, 5.74) is 2.93. The monoisotopic (exact) mass is 221 g/mol. The van der Waals surface area contributed by atoms with Gasteiger partial charge in [-0.05, 0) is 42.2 Å². The first kappa shape index (κ1) is 10.6. The molecule has 0 N–H and O–H groups in total. The molecule has 85 valence electrons. The predicted molar refractivity (Wildman–Crippen MR) is 71.9 cm³/mol. The lowest BCUT2D eigenvalue weighted by Gasteiger charge is -2.11. The molecule has 1 saturated carbocycles. The van der Waals surface area contributed by atoms with Crippen LogP contribution in [-0.4, -0.2) is 0 Å². The zero-order valence-corrected chi connectivity index (χ0v) is 9.92. The van der Waals surface area contributed by atoms with E-state index < -0.39 is 0 Å². The van der Waals surface area contributed by atoms with Gasteiger partial charge in [0.15, 0.2) is 0 Å². The highest BCUT2D eigenvalue weighted by atomic mass is 14.3. The summed E-state index contributed by atoms with van der Waals surface area (Å²) in [6.07, 6.45) is 5.08. The molecule has 0 aromatic heterocycles. The van der Waals surface area contributed by atoms with Crippen molar-refractivity contribution >= 4 is 0 Å². The van der Waals surface area contributed by atoms with Gasteiger partial charge in [-0.3, -0.25) is 0 Å². The smallest absolute Gasteiger partial charge is 0.0124 e. The van der Waals surface area contributed by atoms with Crippen LogP contribution in [0.25, 0.3) is 0 Å². The minimum absolute atomic E-state index is 0.640. The second kappa shape index (κ2) is 4.75. The summed E-state index contributed by atoms with van der Waals surface area (Å²) in [6.45, 7) is 0. The van der Waals surface area contributed by atoms with Crippen LogP contribution in [0.4, 0.5) is 0 Å². The molecule has 2 atom stereocenters. The molecule has 1 aliphatic rings. The Balaban J connectivity index is 1.75. The quantitative estimate of drug-likeness (QED) is 0.697. The van der Waals surface area contributed by atoms with Gasteiger partial charge in [0.2, 0.25) is 0 Å². The van der Waals surface area contributed by atoms with Gasteiger partial charge in [-0.25, -0.2) is 0 Å². The second-order valence-corrected chi connectivity index (χ2v) is 4.80. The Labute approximate surface area is 103 Å². The first-order valence-electron chi connectivity index (χ1n) is 6.38. The molecule has 1 radical (unpaired) electrons. The summed E-state index contributed by atoms with van der Waals surface area (Å²) >= 11 is 0. The highest BCUT2D eigenvalue weighted by Crippen LogP contribution is 2.42. The van der Waals surface area contributed by atoms with Crippen molar-refractivity contribution in [3.05, 3.63) is 78.2 Å². The fourth-order valence-electron chi connectivity index (χ4n) is 2.79. The molecule has 2 unspecified atom stereocenters. The van der Waals surface area contributed by atoms with E-state index in [1.165, 1.54) is 24.0 Å². The van der Waals surface area contributed by atoms with Crippen LogP contribution in [0.1, 0.15) is 35.8 Å². The van der Waals surface area contributed by atoms with E-state index in [1.807, 2.05) is 0 Å². The molecule has 0 saturated heterocycles. The van der Waals surface area contributed by atoms with E-state index in [0.717, 1.165) is 0 Å². The summed E-state index contributed by atoms with van der Waals surface area (Å²) in [7, 11) is 0. The van der Waals surface area contributed by atoms with Gasteiger partial charge < -0.3 is 0 Å². The van der Waals surface area contributed by atoms with Gasteiger partial charge in [0, 0.05) is 0 Å². The van der Waals surface area contributed by atoms with Crippen LogP contribution in [0.15, 0.2) is 60.7 Å². The molecular weight excluding hydrogens is 204 g/mol. The Morgan fingerprint density at radius 1 is 0.588 bits per heavy atom. The van der Waals surface area contributed by atoms with Crippen LogP contribution >= 0.6 is 0 Å².